The number of hydrogen-bond acceptors (Lipinski definition) is 3. The van der Waals surface area contributed by atoms with E-state index in [-0.39, 0.29) is 17.7 Å². The van der Waals surface area contributed by atoms with Crippen LogP contribution in [0.2, 0.25) is 0 Å². The molecule has 5 nitrogen and oxygen atoms in total. The Hall–Kier alpha value is -2.82. The molecule has 0 aromatic heterocycles. The molecule has 2 aromatic carbocycles. The number of unbranched alkanes of at least 4 members (excludes halogenated alkanes) is 1. The third-order valence-electron chi connectivity index (χ3n) is 4.37. The van der Waals surface area contributed by atoms with Gasteiger partial charge in [-0.3, -0.25) is 9.59 Å². The highest BCUT2D eigenvalue weighted by Crippen LogP contribution is 2.25. The van der Waals surface area contributed by atoms with Gasteiger partial charge < -0.3 is 15.4 Å². The second-order valence-corrected chi connectivity index (χ2v) is 6.50. The number of rotatable bonds is 10. The number of ether oxygens (including phenoxy) is 1. The van der Waals surface area contributed by atoms with Gasteiger partial charge in [-0.05, 0) is 42.5 Å². The number of amides is 2. The quantitative estimate of drug-likeness (QED) is 0.634. The Morgan fingerprint density at radius 1 is 0.963 bits per heavy atom. The average Bonchev–Trinajstić information content (AvgIpc) is 2.69. The van der Waals surface area contributed by atoms with Gasteiger partial charge in [0.1, 0.15) is 5.75 Å². The lowest BCUT2D eigenvalue weighted by Gasteiger charge is -2.18. The zero-order valence-corrected chi connectivity index (χ0v) is 16.0. The Kier molecular flexibility index (Phi) is 8.36. The molecule has 0 saturated carbocycles. The van der Waals surface area contributed by atoms with Gasteiger partial charge in [0, 0.05) is 20.0 Å². The Morgan fingerprint density at radius 2 is 1.67 bits per heavy atom. The van der Waals surface area contributed by atoms with Crippen LogP contribution >= 0.6 is 0 Å². The first-order valence-corrected chi connectivity index (χ1v) is 9.30. The molecule has 2 rings (SSSR count). The van der Waals surface area contributed by atoms with Crippen molar-refractivity contribution in [3.8, 4) is 5.75 Å². The number of carbonyl (C=O) groups excluding carboxylic acids is 2. The van der Waals surface area contributed by atoms with Crippen LogP contribution in [0.25, 0.3) is 0 Å². The van der Waals surface area contributed by atoms with Gasteiger partial charge in [0.2, 0.25) is 11.8 Å². The molecule has 1 unspecified atom stereocenters. The summed E-state index contributed by atoms with van der Waals surface area (Å²) in [6, 6.07) is 17.7. The van der Waals surface area contributed by atoms with E-state index in [9.17, 15) is 9.59 Å². The van der Waals surface area contributed by atoms with Crippen LogP contribution in [0.5, 0.6) is 5.75 Å². The molecule has 0 bridgehead atoms. The van der Waals surface area contributed by atoms with E-state index in [0.29, 0.717) is 19.5 Å². The second-order valence-electron chi connectivity index (χ2n) is 6.50. The minimum Gasteiger partial charge on any atom is -0.497 e. The Labute approximate surface area is 161 Å². The summed E-state index contributed by atoms with van der Waals surface area (Å²) in [5.74, 6) is 0.443. The minimum absolute atomic E-state index is 0.00614. The Balaban J connectivity index is 2.00. The topological polar surface area (TPSA) is 67.4 Å². The van der Waals surface area contributed by atoms with Crippen molar-refractivity contribution in [1.29, 1.82) is 0 Å². The molecule has 0 aliphatic rings. The lowest BCUT2D eigenvalue weighted by atomic mass is 9.91. The summed E-state index contributed by atoms with van der Waals surface area (Å²) in [7, 11) is 1.63. The van der Waals surface area contributed by atoms with Crippen LogP contribution in [-0.4, -0.2) is 32.0 Å². The summed E-state index contributed by atoms with van der Waals surface area (Å²) in [4.78, 5) is 23.7. The van der Waals surface area contributed by atoms with Crippen molar-refractivity contribution >= 4 is 11.8 Å². The van der Waals surface area contributed by atoms with E-state index in [1.165, 1.54) is 6.92 Å². The van der Waals surface area contributed by atoms with Crippen molar-refractivity contribution in [2.75, 3.05) is 20.2 Å². The van der Waals surface area contributed by atoms with Crippen LogP contribution < -0.4 is 15.4 Å². The molecule has 2 aromatic rings. The molecule has 0 aliphatic carbocycles. The van der Waals surface area contributed by atoms with Crippen LogP contribution in [-0.2, 0) is 16.0 Å². The largest absolute Gasteiger partial charge is 0.497 e. The maximum absolute atomic E-state index is 12.9. The Bertz CT molecular complexity index is 731. The molecule has 0 saturated heterocycles. The molecular weight excluding hydrogens is 340 g/mol. The van der Waals surface area contributed by atoms with Crippen molar-refractivity contribution < 1.29 is 14.3 Å². The van der Waals surface area contributed by atoms with Gasteiger partial charge in [0.05, 0.1) is 13.0 Å². The summed E-state index contributed by atoms with van der Waals surface area (Å²) in [6.45, 7) is 2.73. The summed E-state index contributed by atoms with van der Waals surface area (Å²) >= 11 is 0. The first-order chi connectivity index (χ1) is 13.1. The molecule has 0 spiro atoms. The smallest absolute Gasteiger partial charge is 0.227 e. The fraction of sp³-hybridized carbons (Fsp3) is 0.364. The van der Waals surface area contributed by atoms with Crippen molar-refractivity contribution in [3.05, 3.63) is 65.7 Å². The summed E-state index contributed by atoms with van der Waals surface area (Å²) in [6.07, 6.45) is 2.29. The van der Waals surface area contributed by atoms with E-state index >= 15 is 0 Å². The molecule has 2 amide bonds. The van der Waals surface area contributed by atoms with Gasteiger partial charge in [0.15, 0.2) is 0 Å². The van der Waals surface area contributed by atoms with Crippen LogP contribution in [0.1, 0.15) is 36.8 Å². The highest BCUT2D eigenvalue weighted by atomic mass is 16.5. The fourth-order valence-electron chi connectivity index (χ4n) is 2.92. The first kappa shape index (κ1) is 20.5. The molecule has 0 radical (unpaired) electrons. The third kappa shape index (κ3) is 7.13. The standard InChI is InChI=1S/C22H28N2O3/c1-17(25)23-13-6-7-14-24-22(26)21(15-18-9-4-3-5-10-18)19-11-8-12-20(16-19)27-2/h3-5,8-12,16,21H,6-7,13-15H2,1-2H3,(H,23,25)(H,24,26). The molecular formula is C22H28N2O3. The lowest BCUT2D eigenvalue weighted by molar-refractivity contribution is -0.122. The zero-order chi connectivity index (χ0) is 19.5. The van der Waals surface area contributed by atoms with Crippen LogP contribution in [0.15, 0.2) is 54.6 Å². The highest BCUT2D eigenvalue weighted by Gasteiger charge is 2.21. The predicted octanol–water partition coefficient (Wildman–Crippen LogP) is 3.05. The molecule has 5 heteroatoms. The van der Waals surface area contributed by atoms with Crippen LogP contribution in [0, 0.1) is 0 Å². The van der Waals surface area contributed by atoms with Crippen LogP contribution in [0.4, 0.5) is 0 Å². The van der Waals surface area contributed by atoms with E-state index in [4.69, 9.17) is 4.74 Å². The molecule has 27 heavy (non-hydrogen) atoms. The SMILES string of the molecule is COc1cccc(C(Cc2ccccc2)C(=O)NCCCCNC(C)=O)c1. The van der Waals surface area contributed by atoms with Crippen molar-refractivity contribution in [2.45, 2.75) is 32.1 Å². The van der Waals surface area contributed by atoms with Gasteiger partial charge >= 0.3 is 0 Å². The minimum atomic E-state index is -0.280. The van der Waals surface area contributed by atoms with Gasteiger partial charge in [-0.1, -0.05) is 42.5 Å². The summed E-state index contributed by atoms with van der Waals surface area (Å²) in [5.41, 5.74) is 2.06. The lowest BCUT2D eigenvalue weighted by Crippen LogP contribution is -2.32. The molecule has 0 aliphatic heterocycles. The monoisotopic (exact) mass is 368 g/mol. The van der Waals surface area contributed by atoms with E-state index in [0.717, 1.165) is 29.7 Å². The maximum Gasteiger partial charge on any atom is 0.227 e. The van der Waals surface area contributed by atoms with Crippen LogP contribution in [0.3, 0.4) is 0 Å². The average molecular weight is 368 g/mol. The normalized spacial score (nSPS) is 11.5. The van der Waals surface area contributed by atoms with Gasteiger partial charge in [-0.15, -0.1) is 0 Å². The number of nitrogens with one attached hydrogen (secondary N) is 2. The molecule has 2 N–H and O–H groups in total. The molecule has 1 atom stereocenters. The fourth-order valence-corrected chi connectivity index (χ4v) is 2.92. The van der Waals surface area contributed by atoms with E-state index in [2.05, 4.69) is 10.6 Å². The highest BCUT2D eigenvalue weighted by molar-refractivity contribution is 5.84. The van der Waals surface area contributed by atoms with E-state index in [1.807, 2.05) is 54.6 Å². The zero-order valence-electron chi connectivity index (χ0n) is 16.0. The summed E-state index contributed by atoms with van der Waals surface area (Å²) < 4.78 is 5.31. The number of benzene rings is 2. The van der Waals surface area contributed by atoms with E-state index in [1.54, 1.807) is 7.11 Å². The van der Waals surface area contributed by atoms with Gasteiger partial charge in [-0.25, -0.2) is 0 Å². The number of methoxy groups -OCH3 is 1. The third-order valence-corrected chi connectivity index (χ3v) is 4.37. The number of carbonyl (C=O) groups is 2. The summed E-state index contributed by atoms with van der Waals surface area (Å²) in [5, 5.41) is 5.80. The van der Waals surface area contributed by atoms with Gasteiger partial charge in [-0.2, -0.15) is 0 Å². The van der Waals surface area contributed by atoms with Crippen molar-refractivity contribution in [2.24, 2.45) is 0 Å². The molecule has 144 valence electrons. The van der Waals surface area contributed by atoms with Crippen molar-refractivity contribution in [3.63, 3.8) is 0 Å². The number of hydrogen-bond donors (Lipinski definition) is 2. The first-order valence-electron chi connectivity index (χ1n) is 9.30. The van der Waals surface area contributed by atoms with E-state index < -0.39 is 0 Å². The van der Waals surface area contributed by atoms with Gasteiger partial charge in [0.25, 0.3) is 0 Å². The molecule has 0 fully saturated rings. The Morgan fingerprint density at radius 3 is 2.33 bits per heavy atom. The van der Waals surface area contributed by atoms with Crippen molar-refractivity contribution in [1.82, 2.24) is 10.6 Å². The maximum atomic E-state index is 12.9. The predicted molar refractivity (Wildman–Crippen MR) is 107 cm³/mol. The second kappa shape index (κ2) is 11.0. The molecule has 0 heterocycles.